The first-order valence-corrected chi connectivity index (χ1v) is 17.2. The highest BCUT2D eigenvalue weighted by atomic mass is 35.5. The number of methoxy groups -OCH3 is 1. The lowest BCUT2D eigenvalue weighted by Crippen LogP contribution is -2.30. The number of esters is 1. The molecule has 0 aliphatic carbocycles. The van der Waals surface area contributed by atoms with Crippen molar-refractivity contribution in [3.63, 3.8) is 0 Å². The van der Waals surface area contributed by atoms with Gasteiger partial charge in [-0.05, 0) is 73.5 Å². The number of carbonyl (C=O) groups excluding carboxylic acids is 4. The lowest BCUT2D eigenvalue weighted by Gasteiger charge is -2.14. The first-order chi connectivity index (χ1) is 23.6. The van der Waals surface area contributed by atoms with Gasteiger partial charge in [-0.15, -0.1) is 23.1 Å². The molecule has 0 saturated carbocycles. The number of nitrogens with one attached hydrogen (secondary N) is 3. The van der Waals surface area contributed by atoms with Gasteiger partial charge in [0.05, 0.1) is 12.4 Å². The maximum atomic E-state index is 13.5. The zero-order valence-electron chi connectivity index (χ0n) is 26.8. The second-order valence-electron chi connectivity index (χ2n) is 10.9. The van der Waals surface area contributed by atoms with Crippen LogP contribution in [0.2, 0.25) is 5.02 Å². The normalized spacial score (nSPS) is 11.7. The molecular weight excluding hydrogens is 678 g/mol. The standard InChI is InChI=1S/C38H32ClN3O5S2/c1-23-12-16-26(17-13-23)31-22-48-37(33(31)38(46)47-3)42-34(43)24(2)49-30-11-7-10-29(21-30)40-36(45)32(20-25-14-18-28(39)19-15-25)41-35(44)27-8-5-4-6-9-27/h4-22,24H,1-3H3,(H,40,45)(H,41,44)(H,42,43)/b32-20-. The van der Waals surface area contributed by atoms with Crippen LogP contribution in [0.25, 0.3) is 17.2 Å². The summed E-state index contributed by atoms with van der Waals surface area (Å²) in [5, 5.41) is 10.7. The summed E-state index contributed by atoms with van der Waals surface area (Å²) in [5.74, 6) is -1.82. The van der Waals surface area contributed by atoms with Crippen LogP contribution in [0.4, 0.5) is 10.7 Å². The average molecular weight is 710 g/mol. The molecule has 49 heavy (non-hydrogen) atoms. The summed E-state index contributed by atoms with van der Waals surface area (Å²) in [7, 11) is 1.31. The maximum absolute atomic E-state index is 13.5. The van der Waals surface area contributed by atoms with Gasteiger partial charge in [-0.1, -0.05) is 77.8 Å². The molecule has 0 bridgehead atoms. The van der Waals surface area contributed by atoms with Gasteiger partial charge in [0.2, 0.25) is 5.91 Å². The van der Waals surface area contributed by atoms with Gasteiger partial charge >= 0.3 is 5.97 Å². The molecule has 0 aliphatic rings. The first-order valence-electron chi connectivity index (χ1n) is 15.1. The van der Waals surface area contributed by atoms with E-state index in [-0.39, 0.29) is 11.6 Å². The molecule has 4 aromatic carbocycles. The Morgan fingerprint density at radius 1 is 0.878 bits per heavy atom. The molecule has 3 amide bonds. The van der Waals surface area contributed by atoms with Crippen molar-refractivity contribution >= 4 is 75.2 Å². The van der Waals surface area contributed by atoms with Gasteiger partial charge in [0, 0.05) is 32.1 Å². The molecule has 11 heteroatoms. The second kappa shape index (κ2) is 16.3. The fourth-order valence-electron chi connectivity index (χ4n) is 4.69. The Bertz CT molecular complexity index is 2010. The van der Waals surface area contributed by atoms with E-state index in [1.165, 1.54) is 30.2 Å². The molecule has 248 valence electrons. The number of thiophene rings is 1. The Balaban J connectivity index is 1.29. The van der Waals surface area contributed by atoms with Crippen LogP contribution in [-0.4, -0.2) is 36.1 Å². The minimum atomic E-state index is -0.563. The van der Waals surface area contributed by atoms with Gasteiger partial charge in [0.1, 0.15) is 16.3 Å². The number of halogens is 1. The number of ether oxygens (including phenoxy) is 1. The van der Waals surface area contributed by atoms with E-state index in [1.54, 1.807) is 85.8 Å². The van der Waals surface area contributed by atoms with Crippen LogP contribution in [0.1, 0.15) is 38.8 Å². The van der Waals surface area contributed by atoms with Crippen molar-refractivity contribution in [2.24, 2.45) is 0 Å². The summed E-state index contributed by atoms with van der Waals surface area (Å²) in [6.07, 6.45) is 1.56. The number of hydrogen-bond acceptors (Lipinski definition) is 7. The molecule has 0 spiro atoms. The highest BCUT2D eigenvalue weighted by Crippen LogP contribution is 2.37. The second-order valence-corrected chi connectivity index (χ2v) is 13.6. The Hall–Kier alpha value is -5.16. The molecule has 1 atom stereocenters. The van der Waals surface area contributed by atoms with Crippen LogP contribution < -0.4 is 16.0 Å². The molecule has 0 saturated heterocycles. The Morgan fingerprint density at radius 3 is 2.29 bits per heavy atom. The minimum absolute atomic E-state index is 0.0318. The van der Waals surface area contributed by atoms with Crippen LogP contribution in [0.15, 0.2) is 119 Å². The van der Waals surface area contributed by atoms with Crippen molar-refractivity contribution in [2.75, 3.05) is 17.7 Å². The molecule has 5 aromatic rings. The van der Waals surface area contributed by atoms with Crippen LogP contribution in [0.3, 0.4) is 0 Å². The smallest absolute Gasteiger partial charge is 0.341 e. The lowest BCUT2D eigenvalue weighted by molar-refractivity contribution is -0.115. The number of anilines is 2. The molecule has 1 heterocycles. The van der Waals surface area contributed by atoms with Gasteiger partial charge in [0.25, 0.3) is 11.8 Å². The molecule has 3 N–H and O–H groups in total. The van der Waals surface area contributed by atoms with Crippen LogP contribution in [-0.2, 0) is 14.3 Å². The van der Waals surface area contributed by atoms with Gasteiger partial charge in [-0.2, -0.15) is 0 Å². The van der Waals surface area contributed by atoms with Crippen LogP contribution >= 0.6 is 34.7 Å². The van der Waals surface area contributed by atoms with E-state index in [0.29, 0.717) is 38.0 Å². The molecule has 0 radical (unpaired) electrons. The van der Waals surface area contributed by atoms with E-state index in [0.717, 1.165) is 16.0 Å². The van der Waals surface area contributed by atoms with E-state index in [9.17, 15) is 19.2 Å². The van der Waals surface area contributed by atoms with E-state index in [1.807, 2.05) is 42.6 Å². The van der Waals surface area contributed by atoms with Crippen molar-refractivity contribution in [1.82, 2.24) is 5.32 Å². The van der Waals surface area contributed by atoms with E-state index >= 15 is 0 Å². The topological polar surface area (TPSA) is 114 Å². The molecule has 0 fully saturated rings. The number of amides is 3. The zero-order valence-corrected chi connectivity index (χ0v) is 29.2. The Kier molecular flexibility index (Phi) is 11.7. The first kappa shape index (κ1) is 35.2. The van der Waals surface area contributed by atoms with E-state index in [4.69, 9.17) is 16.3 Å². The summed E-state index contributed by atoms with van der Waals surface area (Å²) < 4.78 is 5.05. The van der Waals surface area contributed by atoms with Gasteiger partial charge in [0.15, 0.2) is 0 Å². The predicted octanol–water partition coefficient (Wildman–Crippen LogP) is 8.69. The van der Waals surface area contributed by atoms with E-state index < -0.39 is 23.0 Å². The molecule has 8 nitrogen and oxygen atoms in total. The summed E-state index contributed by atoms with van der Waals surface area (Å²) in [5.41, 5.74) is 4.47. The number of carbonyl (C=O) groups is 4. The number of thioether (sulfide) groups is 1. The lowest BCUT2D eigenvalue weighted by atomic mass is 10.0. The predicted molar refractivity (Wildman–Crippen MR) is 198 cm³/mol. The van der Waals surface area contributed by atoms with Crippen molar-refractivity contribution in [3.8, 4) is 11.1 Å². The number of aryl methyl sites for hydroxylation is 1. The Labute approximate surface area is 297 Å². The molecule has 5 rings (SSSR count). The summed E-state index contributed by atoms with van der Waals surface area (Å²) in [6.45, 7) is 3.74. The monoisotopic (exact) mass is 709 g/mol. The van der Waals surface area contributed by atoms with Gasteiger partial charge in [-0.3, -0.25) is 14.4 Å². The number of rotatable bonds is 11. The highest BCUT2D eigenvalue weighted by molar-refractivity contribution is 8.00. The fourth-order valence-corrected chi connectivity index (χ4v) is 6.70. The Morgan fingerprint density at radius 2 is 1.59 bits per heavy atom. The third kappa shape index (κ3) is 9.26. The van der Waals surface area contributed by atoms with Crippen molar-refractivity contribution in [1.29, 1.82) is 0 Å². The third-order valence-electron chi connectivity index (χ3n) is 7.26. The minimum Gasteiger partial charge on any atom is -0.465 e. The van der Waals surface area contributed by atoms with Crippen molar-refractivity contribution in [2.45, 2.75) is 24.0 Å². The summed E-state index contributed by atoms with van der Waals surface area (Å²) in [6, 6.07) is 30.3. The zero-order chi connectivity index (χ0) is 34.9. The number of benzene rings is 4. The molecule has 1 unspecified atom stereocenters. The largest absolute Gasteiger partial charge is 0.465 e. The van der Waals surface area contributed by atoms with Crippen molar-refractivity contribution in [3.05, 3.63) is 141 Å². The molecule has 1 aromatic heterocycles. The highest BCUT2D eigenvalue weighted by Gasteiger charge is 2.24. The van der Waals surface area contributed by atoms with Crippen molar-refractivity contribution < 1.29 is 23.9 Å². The quantitative estimate of drug-likeness (QED) is 0.0719. The third-order valence-corrected chi connectivity index (χ3v) is 9.50. The fraction of sp³-hybridized carbons (Fsp3) is 0.105. The van der Waals surface area contributed by atoms with Gasteiger partial charge in [-0.25, -0.2) is 4.79 Å². The summed E-state index contributed by atoms with van der Waals surface area (Å²) >= 11 is 8.57. The van der Waals surface area contributed by atoms with Crippen LogP contribution in [0.5, 0.6) is 0 Å². The van der Waals surface area contributed by atoms with Gasteiger partial charge < -0.3 is 20.7 Å². The maximum Gasteiger partial charge on any atom is 0.341 e. The number of hydrogen-bond donors (Lipinski definition) is 3. The molecule has 0 aliphatic heterocycles. The summed E-state index contributed by atoms with van der Waals surface area (Å²) in [4.78, 5) is 53.3. The average Bonchev–Trinajstić information content (AvgIpc) is 3.52. The van der Waals surface area contributed by atoms with Crippen LogP contribution in [0, 0.1) is 6.92 Å². The molecular formula is C38H32ClN3O5S2. The van der Waals surface area contributed by atoms with E-state index in [2.05, 4.69) is 16.0 Å². The SMILES string of the molecule is COC(=O)c1c(-c2ccc(C)cc2)csc1NC(=O)C(C)Sc1cccc(NC(=O)/C(=C/c2ccc(Cl)cc2)NC(=O)c2ccccc2)c1.